The second-order valence-electron chi connectivity index (χ2n) is 2.69. The topological polar surface area (TPSA) is 37.3 Å². The summed E-state index contributed by atoms with van der Waals surface area (Å²) in [5, 5.41) is 8.50. The third-order valence-electron chi connectivity index (χ3n) is 1.60. The zero-order chi connectivity index (χ0) is 9.40. The summed E-state index contributed by atoms with van der Waals surface area (Å²) in [6.45, 7) is 3.61. The van der Waals surface area contributed by atoms with Gasteiger partial charge in [-0.3, -0.25) is 0 Å². The molecule has 0 bridgehead atoms. The highest BCUT2D eigenvalue weighted by Gasteiger charge is 1.96. The highest BCUT2D eigenvalue weighted by molar-refractivity contribution is 5.85. The Hall–Kier alpha value is -1.05. The molecule has 0 fully saturated rings. The number of aliphatic carboxylic acids is 1. The van der Waals surface area contributed by atoms with E-state index in [1.165, 1.54) is 0 Å². The molecule has 0 spiro atoms. The van der Waals surface area contributed by atoms with Crippen molar-refractivity contribution in [1.29, 1.82) is 0 Å². The second-order valence-corrected chi connectivity index (χ2v) is 2.69. The van der Waals surface area contributed by atoms with Crippen LogP contribution in [0.3, 0.4) is 0 Å². The van der Waals surface area contributed by atoms with E-state index in [-0.39, 0.29) is 0 Å². The SMILES string of the molecule is C/C=C/CCC/C=C(/C)C(=O)O. The van der Waals surface area contributed by atoms with Gasteiger partial charge >= 0.3 is 5.97 Å². The van der Waals surface area contributed by atoms with Crippen LogP contribution in [0.4, 0.5) is 0 Å². The quantitative estimate of drug-likeness (QED) is 0.389. The standard InChI is InChI=1S/C10H16O2/c1-3-4-5-6-7-8-9(2)10(11)12/h3-4,8H,5-7H2,1-2H3,(H,11,12)/b4-3+,9-8-. The molecule has 0 radical (unpaired) electrons. The van der Waals surface area contributed by atoms with Gasteiger partial charge in [-0.2, -0.15) is 0 Å². The monoisotopic (exact) mass is 168 g/mol. The van der Waals surface area contributed by atoms with Gasteiger partial charge in [-0.15, -0.1) is 0 Å². The van der Waals surface area contributed by atoms with Crippen LogP contribution in [0, 0.1) is 0 Å². The van der Waals surface area contributed by atoms with Gasteiger partial charge in [0, 0.05) is 5.57 Å². The molecule has 0 aliphatic carbocycles. The van der Waals surface area contributed by atoms with E-state index in [9.17, 15) is 4.79 Å². The zero-order valence-corrected chi connectivity index (χ0v) is 7.71. The lowest BCUT2D eigenvalue weighted by Crippen LogP contribution is -1.95. The molecule has 0 aromatic rings. The molecule has 0 saturated heterocycles. The lowest BCUT2D eigenvalue weighted by molar-refractivity contribution is -0.132. The molecule has 2 nitrogen and oxygen atoms in total. The Balaban J connectivity index is 3.53. The van der Waals surface area contributed by atoms with Crippen LogP contribution in [0.1, 0.15) is 33.1 Å². The van der Waals surface area contributed by atoms with Gasteiger partial charge in [0.15, 0.2) is 0 Å². The van der Waals surface area contributed by atoms with Crippen molar-refractivity contribution in [3.63, 3.8) is 0 Å². The van der Waals surface area contributed by atoms with E-state index in [1.54, 1.807) is 13.0 Å². The number of hydrogen-bond acceptors (Lipinski definition) is 1. The summed E-state index contributed by atoms with van der Waals surface area (Å²) in [7, 11) is 0. The Morgan fingerprint density at radius 1 is 1.42 bits per heavy atom. The molecule has 2 heteroatoms. The summed E-state index contributed by atoms with van der Waals surface area (Å²) in [4.78, 5) is 10.3. The third-order valence-corrected chi connectivity index (χ3v) is 1.60. The summed E-state index contributed by atoms with van der Waals surface area (Å²) in [5.74, 6) is -0.818. The number of rotatable bonds is 5. The summed E-state index contributed by atoms with van der Waals surface area (Å²) in [6, 6.07) is 0. The predicted octanol–water partition coefficient (Wildman–Crippen LogP) is 2.76. The van der Waals surface area contributed by atoms with Gasteiger partial charge in [0.25, 0.3) is 0 Å². The Bertz CT molecular complexity index is 190. The molecule has 0 unspecified atom stereocenters. The number of carboxylic acids is 1. The fourth-order valence-electron chi connectivity index (χ4n) is 0.808. The first-order valence-electron chi connectivity index (χ1n) is 4.19. The van der Waals surface area contributed by atoms with E-state index in [4.69, 9.17) is 5.11 Å². The van der Waals surface area contributed by atoms with E-state index in [2.05, 4.69) is 6.08 Å². The average molecular weight is 168 g/mol. The average Bonchev–Trinajstić information content (AvgIpc) is 2.03. The van der Waals surface area contributed by atoms with Crippen LogP contribution in [0.5, 0.6) is 0 Å². The van der Waals surface area contributed by atoms with Crippen LogP contribution < -0.4 is 0 Å². The molecule has 12 heavy (non-hydrogen) atoms. The van der Waals surface area contributed by atoms with Crippen LogP contribution in [-0.4, -0.2) is 11.1 Å². The minimum Gasteiger partial charge on any atom is -0.478 e. The fraction of sp³-hybridized carbons (Fsp3) is 0.500. The van der Waals surface area contributed by atoms with Crippen molar-refractivity contribution in [2.75, 3.05) is 0 Å². The van der Waals surface area contributed by atoms with Crippen molar-refractivity contribution in [1.82, 2.24) is 0 Å². The van der Waals surface area contributed by atoms with Crippen molar-refractivity contribution in [2.45, 2.75) is 33.1 Å². The summed E-state index contributed by atoms with van der Waals surface area (Å²) < 4.78 is 0. The van der Waals surface area contributed by atoms with E-state index >= 15 is 0 Å². The van der Waals surface area contributed by atoms with Gasteiger partial charge in [-0.25, -0.2) is 4.79 Å². The first kappa shape index (κ1) is 11.0. The Kier molecular flexibility index (Phi) is 6.07. The highest BCUT2D eigenvalue weighted by Crippen LogP contribution is 2.01. The molecule has 0 aliphatic rings. The van der Waals surface area contributed by atoms with Crippen molar-refractivity contribution in [3.05, 3.63) is 23.8 Å². The molecule has 0 heterocycles. The van der Waals surface area contributed by atoms with Gasteiger partial charge in [0.2, 0.25) is 0 Å². The van der Waals surface area contributed by atoms with Gasteiger partial charge in [-0.1, -0.05) is 18.2 Å². The molecule has 1 N–H and O–H groups in total. The van der Waals surface area contributed by atoms with Gasteiger partial charge in [0.1, 0.15) is 0 Å². The molecule has 0 aromatic carbocycles. The molecule has 0 aliphatic heterocycles. The summed E-state index contributed by atoms with van der Waals surface area (Å²) >= 11 is 0. The van der Waals surface area contributed by atoms with Crippen LogP contribution >= 0.6 is 0 Å². The second kappa shape index (κ2) is 6.65. The molecular weight excluding hydrogens is 152 g/mol. The van der Waals surface area contributed by atoms with Crippen LogP contribution in [-0.2, 0) is 4.79 Å². The van der Waals surface area contributed by atoms with Crippen molar-refractivity contribution in [2.24, 2.45) is 0 Å². The molecule has 0 saturated carbocycles. The van der Waals surface area contributed by atoms with E-state index < -0.39 is 5.97 Å². The first-order chi connectivity index (χ1) is 5.68. The predicted molar refractivity (Wildman–Crippen MR) is 50.1 cm³/mol. The first-order valence-corrected chi connectivity index (χ1v) is 4.19. The number of carboxylic acid groups (broad SMARTS) is 1. The number of hydrogen-bond donors (Lipinski definition) is 1. The minimum atomic E-state index is -0.818. The smallest absolute Gasteiger partial charge is 0.330 e. The summed E-state index contributed by atoms with van der Waals surface area (Å²) in [5.41, 5.74) is 0.440. The highest BCUT2D eigenvalue weighted by atomic mass is 16.4. The van der Waals surface area contributed by atoms with E-state index in [1.807, 2.05) is 13.0 Å². The fourth-order valence-corrected chi connectivity index (χ4v) is 0.808. The number of unbranched alkanes of at least 4 members (excludes halogenated alkanes) is 2. The Morgan fingerprint density at radius 2 is 2.08 bits per heavy atom. The largest absolute Gasteiger partial charge is 0.478 e. The molecule has 68 valence electrons. The van der Waals surface area contributed by atoms with E-state index in [0.717, 1.165) is 19.3 Å². The van der Waals surface area contributed by atoms with Gasteiger partial charge in [-0.05, 0) is 33.1 Å². The summed E-state index contributed by atoms with van der Waals surface area (Å²) in [6.07, 6.45) is 8.76. The molecule has 0 aromatic heterocycles. The van der Waals surface area contributed by atoms with E-state index in [0.29, 0.717) is 5.57 Å². The minimum absolute atomic E-state index is 0.440. The Morgan fingerprint density at radius 3 is 2.58 bits per heavy atom. The van der Waals surface area contributed by atoms with Crippen LogP contribution in [0.2, 0.25) is 0 Å². The zero-order valence-electron chi connectivity index (χ0n) is 7.71. The normalized spacial score (nSPS) is 12.3. The maximum absolute atomic E-state index is 10.3. The van der Waals surface area contributed by atoms with Crippen molar-refractivity contribution in [3.8, 4) is 0 Å². The molecule has 0 rings (SSSR count). The lowest BCUT2D eigenvalue weighted by atomic mass is 10.2. The molecule has 0 atom stereocenters. The molecular formula is C10H16O2. The maximum Gasteiger partial charge on any atom is 0.330 e. The van der Waals surface area contributed by atoms with Crippen LogP contribution in [0.15, 0.2) is 23.8 Å². The van der Waals surface area contributed by atoms with Crippen molar-refractivity contribution < 1.29 is 9.90 Å². The third kappa shape index (κ3) is 5.71. The number of allylic oxidation sites excluding steroid dienone is 3. The lowest BCUT2D eigenvalue weighted by Gasteiger charge is -1.92. The van der Waals surface area contributed by atoms with Crippen molar-refractivity contribution >= 4 is 5.97 Å². The van der Waals surface area contributed by atoms with Crippen LogP contribution in [0.25, 0.3) is 0 Å². The Labute approximate surface area is 73.6 Å². The molecule has 0 amide bonds. The number of carbonyl (C=O) groups is 1. The maximum atomic E-state index is 10.3. The van der Waals surface area contributed by atoms with Gasteiger partial charge in [0.05, 0.1) is 0 Å². The van der Waals surface area contributed by atoms with Gasteiger partial charge < -0.3 is 5.11 Å².